The number of rotatable bonds is 23. The summed E-state index contributed by atoms with van der Waals surface area (Å²) in [6, 6.07) is 0. The minimum atomic E-state index is -0.651. The Balaban J connectivity index is 2.99. The van der Waals surface area contributed by atoms with Gasteiger partial charge in [-0.15, -0.1) is 0 Å². The lowest BCUT2D eigenvalue weighted by atomic mass is 10.1. The number of thioether (sulfide) groups is 1. The van der Waals surface area contributed by atoms with Crippen molar-refractivity contribution < 1.29 is 9.53 Å². The van der Waals surface area contributed by atoms with E-state index in [-0.39, 0.29) is 0 Å². The first kappa shape index (κ1) is 27.6. The van der Waals surface area contributed by atoms with Crippen LogP contribution in [-0.2, 0) is 4.74 Å². The molecule has 0 fully saturated rings. The van der Waals surface area contributed by atoms with Crippen LogP contribution in [0.15, 0.2) is 0 Å². The topological polar surface area (TPSA) is 52.3 Å². The fraction of sp³-hybridized carbons (Fsp3) is 0.958. The minimum Gasteiger partial charge on any atom is -0.450 e. The van der Waals surface area contributed by atoms with Crippen molar-refractivity contribution in [2.45, 2.75) is 129 Å². The summed E-state index contributed by atoms with van der Waals surface area (Å²) in [5.41, 5.74) is 4.92. The van der Waals surface area contributed by atoms with Gasteiger partial charge in [0.25, 0.3) is 0 Å². The van der Waals surface area contributed by atoms with E-state index in [2.05, 4.69) is 18.7 Å². The van der Waals surface area contributed by atoms with Crippen LogP contribution in [0.2, 0.25) is 0 Å². The molecule has 1 amide bonds. The molecule has 0 aromatic carbocycles. The summed E-state index contributed by atoms with van der Waals surface area (Å²) < 4.78 is 4.72. The van der Waals surface area contributed by atoms with Gasteiger partial charge >= 0.3 is 6.09 Å². The molecule has 0 atom stereocenters. The maximum Gasteiger partial charge on any atom is 0.404 e. The highest BCUT2D eigenvalue weighted by atomic mass is 32.2. The lowest BCUT2D eigenvalue weighted by Crippen LogP contribution is -2.13. The smallest absolute Gasteiger partial charge is 0.404 e. The minimum absolute atomic E-state index is 0.479. The Bertz CT molecular complexity index is 313. The van der Waals surface area contributed by atoms with Crippen molar-refractivity contribution in [3.8, 4) is 0 Å². The van der Waals surface area contributed by atoms with E-state index in [1.807, 2.05) is 0 Å². The summed E-state index contributed by atoms with van der Waals surface area (Å²) >= 11 is 2.17. The second-order valence-corrected chi connectivity index (χ2v) is 9.37. The Kier molecular flexibility index (Phi) is 24.3. The molecule has 2 N–H and O–H groups in total. The van der Waals surface area contributed by atoms with Gasteiger partial charge in [0.1, 0.15) is 0 Å². The molecule has 0 saturated carbocycles. The van der Waals surface area contributed by atoms with Gasteiger partial charge in [-0.05, 0) is 30.8 Å². The Morgan fingerprint density at radius 2 is 0.964 bits per heavy atom. The zero-order valence-corrected chi connectivity index (χ0v) is 19.7. The number of nitrogens with two attached hydrogens (primary N) is 1. The van der Waals surface area contributed by atoms with Gasteiger partial charge in [0.05, 0.1) is 6.61 Å². The molecule has 0 unspecified atom stereocenters. The predicted octanol–water partition coefficient (Wildman–Crippen LogP) is 8.25. The number of hydrogen-bond donors (Lipinski definition) is 1. The van der Waals surface area contributed by atoms with E-state index in [9.17, 15) is 4.79 Å². The molecule has 0 spiro atoms. The van der Waals surface area contributed by atoms with Crippen molar-refractivity contribution in [1.82, 2.24) is 0 Å². The van der Waals surface area contributed by atoms with Gasteiger partial charge in [-0.1, -0.05) is 110 Å². The number of hydrogen-bond acceptors (Lipinski definition) is 3. The van der Waals surface area contributed by atoms with E-state index >= 15 is 0 Å². The second-order valence-electron chi connectivity index (χ2n) is 8.14. The molecule has 28 heavy (non-hydrogen) atoms. The summed E-state index contributed by atoms with van der Waals surface area (Å²) in [6.45, 7) is 2.77. The third-order valence-corrected chi connectivity index (χ3v) is 6.47. The highest BCUT2D eigenvalue weighted by Gasteiger charge is 1.96. The zero-order valence-electron chi connectivity index (χ0n) is 18.9. The maximum atomic E-state index is 10.4. The first-order valence-corrected chi connectivity index (χ1v) is 13.4. The normalized spacial score (nSPS) is 11.0. The highest BCUT2D eigenvalue weighted by Crippen LogP contribution is 2.15. The Morgan fingerprint density at radius 1 is 0.607 bits per heavy atom. The van der Waals surface area contributed by atoms with Crippen LogP contribution in [0.4, 0.5) is 4.79 Å². The SMILES string of the molecule is CCCCCCCCCCCSCCCCCCCCCCCCOC(N)=O. The summed E-state index contributed by atoms with van der Waals surface area (Å²) in [5, 5.41) is 0. The summed E-state index contributed by atoms with van der Waals surface area (Å²) in [7, 11) is 0. The van der Waals surface area contributed by atoms with Gasteiger partial charge in [0.2, 0.25) is 0 Å². The first-order valence-electron chi connectivity index (χ1n) is 12.3. The van der Waals surface area contributed by atoms with E-state index in [0.29, 0.717) is 6.61 Å². The molecule has 0 aliphatic carbocycles. The van der Waals surface area contributed by atoms with E-state index < -0.39 is 6.09 Å². The van der Waals surface area contributed by atoms with Crippen molar-refractivity contribution >= 4 is 17.9 Å². The van der Waals surface area contributed by atoms with E-state index in [4.69, 9.17) is 10.5 Å². The fourth-order valence-electron chi connectivity index (χ4n) is 3.51. The van der Waals surface area contributed by atoms with Gasteiger partial charge in [0.15, 0.2) is 0 Å². The van der Waals surface area contributed by atoms with Crippen molar-refractivity contribution in [1.29, 1.82) is 0 Å². The van der Waals surface area contributed by atoms with Crippen LogP contribution in [0.5, 0.6) is 0 Å². The van der Waals surface area contributed by atoms with Crippen LogP contribution in [0.1, 0.15) is 129 Å². The number of primary amides is 1. The van der Waals surface area contributed by atoms with Crippen LogP contribution in [-0.4, -0.2) is 24.2 Å². The summed E-state index contributed by atoms with van der Waals surface area (Å²) in [6.07, 6.45) is 25.3. The molecular weight excluding hydrogens is 366 g/mol. The highest BCUT2D eigenvalue weighted by molar-refractivity contribution is 7.99. The molecule has 0 radical (unpaired) electrons. The lowest BCUT2D eigenvalue weighted by Gasteiger charge is -2.04. The average molecular weight is 416 g/mol. The molecule has 168 valence electrons. The van der Waals surface area contributed by atoms with Crippen molar-refractivity contribution in [3.05, 3.63) is 0 Å². The fourth-order valence-corrected chi connectivity index (χ4v) is 4.53. The third-order valence-electron chi connectivity index (χ3n) is 5.32. The van der Waals surface area contributed by atoms with Gasteiger partial charge in [-0.25, -0.2) is 4.79 Å². The Hall–Kier alpha value is -0.380. The van der Waals surface area contributed by atoms with Crippen LogP contribution in [0, 0.1) is 0 Å². The molecule has 0 aromatic heterocycles. The predicted molar refractivity (Wildman–Crippen MR) is 126 cm³/mol. The molecule has 4 heteroatoms. The third kappa shape index (κ3) is 25.6. The average Bonchev–Trinajstić information content (AvgIpc) is 2.68. The van der Waals surface area contributed by atoms with E-state index in [0.717, 1.165) is 12.8 Å². The summed E-state index contributed by atoms with van der Waals surface area (Å²) in [4.78, 5) is 10.4. The van der Waals surface area contributed by atoms with E-state index in [1.54, 1.807) is 0 Å². The lowest BCUT2D eigenvalue weighted by molar-refractivity contribution is 0.154. The number of carbonyl (C=O) groups excluding carboxylic acids is 1. The van der Waals surface area contributed by atoms with Crippen LogP contribution >= 0.6 is 11.8 Å². The number of amides is 1. The van der Waals surface area contributed by atoms with Crippen LogP contribution in [0.3, 0.4) is 0 Å². The van der Waals surface area contributed by atoms with Crippen molar-refractivity contribution in [2.75, 3.05) is 18.1 Å². The second kappa shape index (κ2) is 24.7. The molecule has 0 aromatic rings. The number of unbranched alkanes of at least 4 members (excludes halogenated alkanes) is 17. The van der Waals surface area contributed by atoms with Crippen molar-refractivity contribution in [2.24, 2.45) is 5.73 Å². The largest absolute Gasteiger partial charge is 0.450 e. The zero-order chi connectivity index (χ0) is 20.5. The first-order chi connectivity index (χ1) is 13.8. The van der Waals surface area contributed by atoms with Crippen LogP contribution < -0.4 is 5.73 Å². The molecule has 0 bridgehead atoms. The molecule has 0 rings (SSSR count). The molecule has 0 saturated heterocycles. The quantitative estimate of drug-likeness (QED) is 0.171. The number of ether oxygens (including phenoxy) is 1. The molecule has 0 heterocycles. The van der Waals surface area contributed by atoms with Gasteiger partial charge in [-0.3, -0.25) is 0 Å². The molecule has 3 nitrogen and oxygen atoms in total. The molecular formula is C24H49NO2S. The van der Waals surface area contributed by atoms with Crippen molar-refractivity contribution in [3.63, 3.8) is 0 Å². The Labute approximate surface area is 180 Å². The standard InChI is InChI=1S/C24H49NO2S/c1-2-3-4-5-6-10-13-16-19-22-28-23-20-17-14-11-8-7-9-12-15-18-21-27-24(25)26/h2-23H2,1H3,(H2,25,26). The maximum absolute atomic E-state index is 10.4. The number of carbonyl (C=O) groups is 1. The van der Waals surface area contributed by atoms with Gasteiger partial charge < -0.3 is 10.5 Å². The van der Waals surface area contributed by atoms with Gasteiger partial charge in [-0.2, -0.15) is 11.8 Å². The monoisotopic (exact) mass is 415 g/mol. The van der Waals surface area contributed by atoms with E-state index in [1.165, 1.54) is 121 Å². The molecule has 0 aliphatic heterocycles. The van der Waals surface area contributed by atoms with Gasteiger partial charge in [0, 0.05) is 0 Å². The van der Waals surface area contributed by atoms with Crippen LogP contribution in [0.25, 0.3) is 0 Å². The summed E-state index contributed by atoms with van der Waals surface area (Å²) in [5.74, 6) is 2.74. The Morgan fingerprint density at radius 3 is 1.36 bits per heavy atom. The molecule has 0 aliphatic rings.